The van der Waals surface area contributed by atoms with Gasteiger partial charge in [-0.1, -0.05) is 48.5 Å². The SMILES string of the molecule is NS(=O)(=O)c1ccc(-n2cccc2/C=C2\C(=O)N(c3ccccc3)N=C2c2ccccc2)cc1. The number of sulfonamides is 1. The van der Waals surface area contributed by atoms with E-state index in [1.54, 1.807) is 18.2 Å². The molecule has 7 nitrogen and oxygen atoms in total. The minimum atomic E-state index is -3.78. The van der Waals surface area contributed by atoms with Gasteiger partial charge in [0.2, 0.25) is 10.0 Å². The summed E-state index contributed by atoms with van der Waals surface area (Å²) in [6.07, 6.45) is 3.64. The van der Waals surface area contributed by atoms with Gasteiger partial charge in [-0.3, -0.25) is 4.79 Å². The Kier molecular flexibility index (Phi) is 5.45. The first kappa shape index (κ1) is 21.6. The van der Waals surface area contributed by atoms with E-state index in [2.05, 4.69) is 5.10 Å². The third kappa shape index (κ3) is 4.07. The van der Waals surface area contributed by atoms with Gasteiger partial charge >= 0.3 is 0 Å². The van der Waals surface area contributed by atoms with Crippen LogP contribution in [0.3, 0.4) is 0 Å². The lowest BCUT2D eigenvalue weighted by molar-refractivity contribution is -0.114. The van der Waals surface area contributed by atoms with Crippen molar-refractivity contribution >= 4 is 33.4 Å². The first-order valence-electron chi connectivity index (χ1n) is 10.5. The van der Waals surface area contributed by atoms with Crippen molar-refractivity contribution in [1.29, 1.82) is 0 Å². The largest absolute Gasteiger partial charge is 0.317 e. The second-order valence-electron chi connectivity index (χ2n) is 7.67. The zero-order valence-electron chi connectivity index (χ0n) is 17.9. The molecule has 1 aliphatic heterocycles. The number of benzene rings is 3. The van der Waals surface area contributed by atoms with Gasteiger partial charge in [0.25, 0.3) is 5.91 Å². The fourth-order valence-electron chi connectivity index (χ4n) is 3.79. The molecule has 168 valence electrons. The lowest BCUT2D eigenvalue weighted by atomic mass is 10.0. The van der Waals surface area contributed by atoms with Gasteiger partial charge in [-0.25, -0.2) is 13.6 Å². The summed E-state index contributed by atoms with van der Waals surface area (Å²) in [6.45, 7) is 0. The zero-order valence-corrected chi connectivity index (χ0v) is 18.8. The lowest BCUT2D eigenvalue weighted by Crippen LogP contribution is -2.21. The van der Waals surface area contributed by atoms with E-state index in [0.717, 1.165) is 16.9 Å². The van der Waals surface area contributed by atoms with Crippen LogP contribution >= 0.6 is 0 Å². The Morgan fingerprint density at radius 1 is 0.765 bits per heavy atom. The fourth-order valence-corrected chi connectivity index (χ4v) is 4.30. The minimum absolute atomic E-state index is 0.0336. The maximum atomic E-state index is 13.5. The summed E-state index contributed by atoms with van der Waals surface area (Å²) in [5.74, 6) is -0.234. The van der Waals surface area contributed by atoms with E-state index in [9.17, 15) is 13.2 Å². The Labute approximate surface area is 197 Å². The third-order valence-corrected chi connectivity index (χ3v) is 6.37. The standard InChI is InChI=1S/C26H20N4O3S/c27-34(32,33)23-15-13-20(14-16-23)29-17-7-12-22(29)18-24-25(19-8-3-1-4-9-19)28-30(26(24)31)21-10-5-2-6-11-21/h1-18H,(H2,27,32,33)/b24-18-. The molecule has 0 unspecified atom stereocenters. The van der Waals surface area contributed by atoms with Crippen LogP contribution in [0.15, 0.2) is 119 Å². The molecule has 8 heteroatoms. The van der Waals surface area contributed by atoms with E-state index < -0.39 is 10.0 Å². The molecule has 0 aliphatic carbocycles. The van der Waals surface area contributed by atoms with E-state index >= 15 is 0 Å². The highest BCUT2D eigenvalue weighted by atomic mass is 32.2. The molecule has 5 rings (SSSR count). The number of carbonyl (C=O) groups excluding carboxylic acids is 1. The van der Waals surface area contributed by atoms with Crippen molar-refractivity contribution < 1.29 is 13.2 Å². The van der Waals surface area contributed by atoms with Crippen LogP contribution in [0.1, 0.15) is 11.3 Å². The topological polar surface area (TPSA) is 97.8 Å². The quantitative estimate of drug-likeness (QED) is 0.449. The van der Waals surface area contributed by atoms with Gasteiger partial charge in [0, 0.05) is 23.1 Å². The Morgan fingerprint density at radius 3 is 2.06 bits per heavy atom. The highest BCUT2D eigenvalue weighted by Gasteiger charge is 2.32. The maximum absolute atomic E-state index is 13.5. The summed E-state index contributed by atoms with van der Waals surface area (Å²) in [5.41, 5.74) is 4.01. The number of carbonyl (C=O) groups is 1. The molecule has 0 bridgehead atoms. The second-order valence-corrected chi connectivity index (χ2v) is 9.23. The van der Waals surface area contributed by atoms with Crippen LogP contribution in [0.4, 0.5) is 5.69 Å². The van der Waals surface area contributed by atoms with E-state index in [0.29, 0.717) is 17.0 Å². The molecule has 2 N–H and O–H groups in total. The summed E-state index contributed by atoms with van der Waals surface area (Å²) in [4.78, 5) is 13.5. The highest BCUT2D eigenvalue weighted by molar-refractivity contribution is 7.89. The molecule has 4 aromatic rings. The summed E-state index contributed by atoms with van der Waals surface area (Å²) in [6, 6.07) is 28.8. The number of para-hydroxylation sites is 1. The molecular formula is C26H20N4O3S. The minimum Gasteiger partial charge on any atom is -0.317 e. The summed E-state index contributed by atoms with van der Waals surface area (Å²) >= 11 is 0. The number of nitrogens with two attached hydrogens (primary N) is 1. The molecule has 0 saturated carbocycles. The van der Waals surface area contributed by atoms with Gasteiger partial charge in [-0.05, 0) is 54.6 Å². The van der Waals surface area contributed by atoms with Gasteiger partial charge in [0.1, 0.15) is 5.71 Å². The zero-order chi connectivity index (χ0) is 23.7. The first-order valence-corrected chi connectivity index (χ1v) is 12.0. The number of nitrogens with zero attached hydrogens (tertiary/aromatic N) is 3. The summed E-state index contributed by atoms with van der Waals surface area (Å²) in [7, 11) is -3.78. The maximum Gasteiger partial charge on any atom is 0.281 e. The van der Waals surface area contributed by atoms with Gasteiger partial charge in [-0.2, -0.15) is 10.1 Å². The van der Waals surface area contributed by atoms with Crippen LogP contribution in [0.2, 0.25) is 0 Å². The molecule has 1 amide bonds. The molecule has 1 aromatic heterocycles. The van der Waals surface area contributed by atoms with Gasteiger partial charge in [0.15, 0.2) is 0 Å². The molecule has 0 radical (unpaired) electrons. The third-order valence-electron chi connectivity index (χ3n) is 5.44. The number of hydrogen-bond acceptors (Lipinski definition) is 4. The number of aromatic nitrogens is 1. The van der Waals surface area contributed by atoms with Gasteiger partial charge in [-0.15, -0.1) is 0 Å². The van der Waals surface area contributed by atoms with Crippen LogP contribution in [0.25, 0.3) is 11.8 Å². The van der Waals surface area contributed by atoms with E-state index in [-0.39, 0.29) is 10.8 Å². The predicted molar refractivity (Wildman–Crippen MR) is 132 cm³/mol. The molecular weight excluding hydrogens is 448 g/mol. The highest BCUT2D eigenvalue weighted by Crippen LogP contribution is 2.28. The van der Waals surface area contributed by atoms with Crippen LogP contribution < -0.4 is 10.1 Å². The van der Waals surface area contributed by atoms with Crippen molar-refractivity contribution in [2.45, 2.75) is 4.90 Å². The Balaban J connectivity index is 1.59. The fraction of sp³-hybridized carbons (Fsp3) is 0. The average Bonchev–Trinajstić information content (AvgIpc) is 3.45. The van der Waals surface area contributed by atoms with Gasteiger partial charge in [0.05, 0.1) is 16.2 Å². The van der Waals surface area contributed by atoms with Crippen molar-refractivity contribution in [3.8, 4) is 5.69 Å². The normalized spacial score (nSPS) is 15.1. The van der Waals surface area contributed by atoms with Crippen LogP contribution in [-0.2, 0) is 14.8 Å². The van der Waals surface area contributed by atoms with E-state index in [1.165, 1.54) is 17.1 Å². The number of amides is 1. The second kappa shape index (κ2) is 8.58. The molecule has 1 aliphatic rings. The first-order chi connectivity index (χ1) is 16.4. The van der Waals surface area contributed by atoms with Crippen LogP contribution in [0, 0.1) is 0 Å². The molecule has 2 heterocycles. The number of anilines is 1. The molecule has 0 fully saturated rings. The Hall–Kier alpha value is -4.27. The predicted octanol–water partition coefficient (Wildman–Crippen LogP) is 3.96. The van der Waals surface area contributed by atoms with Crippen LogP contribution in [0.5, 0.6) is 0 Å². The van der Waals surface area contributed by atoms with Crippen molar-refractivity contribution in [3.63, 3.8) is 0 Å². The van der Waals surface area contributed by atoms with Crippen LogP contribution in [-0.4, -0.2) is 24.6 Å². The van der Waals surface area contributed by atoms with Crippen molar-refractivity contribution in [3.05, 3.63) is 120 Å². The molecule has 0 spiro atoms. The molecule has 34 heavy (non-hydrogen) atoms. The van der Waals surface area contributed by atoms with Crippen molar-refractivity contribution in [1.82, 2.24) is 4.57 Å². The number of hydrogen-bond donors (Lipinski definition) is 1. The lowest BCUT2D eigenvalue weighted by Gasteiger charge is -2.11. The van der Waals surface area contributed by atoms with E-state index in [1.807, 2.05) is 83.6 Å². The number of hydrazone groups is 1. The molecule has 0 atom stereocenters. The number of primary sulfonamides is 1. The molecule has 3 aromatic carbocycles. The Bertz CT molecular complexity index is 1520. The summed E-state index contributed by atoms with van der Waals surface area (Å²) in [5, 5.41) is 11.3. The van der Waals surface area contributed by atoms with Gasteiger partial charge < -0.3 is 4.57 Å². The van der Waals surface area contributed by atoms with E-state index in [4.69, 9.17) is 5.14 Å². The Morgan fingerprint density at radius 2 is 1.41 bits per heavy atom. The molecule has 0 saturated heterocycles. The van der Waals surface area contributed by atoms with Crippen molar-refractivity contribution in [2.24, 2.45) is 10.2 Å². The summed E-state index contributed by atoms with van der Waals surface area (Å²) < 4.78 is 25.0. The number of rotatable bonds is 5. The monoisotopic (exact) mass is 468 g/mol. The smallest absolute Gasteiger partial charge is 0.281 e. The van der Waals surface area contributed by atoms with Crippen molar-refractivity contribution in [2.75, 3.05) is 5.01 Å². The average molecular weight is 469 g/mol.